The summed E-state index contributed by atoms with van der Waals surface area (Å²) in [6, 6.07) is 7.04. The molecule has 1 heterocycles. The van der Waals surface area contributed by atoms with Gasteiger partial charge in [-0.05, 0) is 78.8 Å². The molecule has 3 rings (SSSR count). The number of aliphatic hydroxyl groups excluding tert-OH is 1. The second-order valence-electron chi connectivity index (χ2n) is 8.86. The van der Waals surface area contributed by atoms with Crippen molar-refractivity contribution in [1.29, 1.82) is 0 Å². The van der Waals surface area contributed by atoms with Crippen molar-refractivity contribution in [1.82, 2.24) is 16.1 Å². The van der Waals surface area contributed by atoms with E-state index in [0.717, 1.165) is 0 Å². The van der Waals surface area contributed by atoms with Crippen molar-refractivity contribution in [2.75, 3.05) is 33.5 Å². The van der Waals surface area contributed by atoms with E-state index in [2.05, 4.69) is 21.2 Å². The van der Waals surface area contributed by atoms with E-state index in [0.29, 0.717) is 56.6 Å². The van der Waals surface area contributed by atoms with Crippen LogP contribution in [0.25, 0.3) is 0 Å². The molecule has 0 unspecified atom stereocenters. The van der Waals surface area contributed by atoms with Gasteiger partial charge in [0.05, 0.1) is 41.7 Å². The Bertz CT molecular complexity index is 1400. The van der Waals surface area contributed by atoms with E-state index in [1.54, 1.807) is 51.1 Å². The number of carboxylic acids is 1. The number of allylic oxidation sites excluding steroid dienone is 1. The average molecular weight is 712 g/mol. The highest BCUT2D eigenvalue weighted by Gasteiger charge is 2.32. The molecule has 0 aliphatic carbocycles. The number of esters is 1. The van der Waals surface area contributed by atoms with Gasteiger partial charge in [0, 0.05) is 5.70 Å². The van der Waals surface area contributed by atoms with Crippen LogP contribution in [0.4, 0.5) is 4.79 Å². The number of hydrogen-bond donors (Lipinski definition) is 5. The van der Waals surface area contributed by atoms with E-state index in [-0.39, 0.29) is 12.2 Å². The Morgan fingerprint density at radius 3 is 2.49 bits per heavy atom. The highest BCUT2D eigenvalue weighted by Crippen LogP contribution is 2.35. The maximum Gasteiger partial charge on any atom is 0.341 e. The zero-order valence-electron chi connectivity index (χ0n) is 23.9. The van der Waals surface area contributed by atoms with Gasteiger partial charge in [0.2, 0.25) is 0 Å². The summed E-state index contributed by atoms with van der Waals surface area (Å²) >= 11 is 2.01. The van der Waals surface area contributed by atoms with E-state index >= 15 is 0 Å². The van der Waals surface area contributed by atoms with Gasteiger partial charge < -0.3 is 44.5 Å². The number of carbonyl (C=O) groups is 3. The lowest BCUT2D eigenvalue weighted by atomic mass is 9.95. The number of methoxy groups -OCH3 is 1. The summed E-state index contributed by atoms with van der Waals surface area (Å²) in [5, 5.41) is 28.7. The van der Waals surface area contributed by atoms with Gasteiger partial charge in [0.25, 0.3) is 0 Å². The summed E-state index contributed by atoms with van der Waals surface area (Å²) in [5.41, 5.74) is 4.38. The highest BCUT2D eigenvalue weighted by atomic mass is 127. The molecule has 15 heteroatoms. The molecule has 43 heavy (non-hydrogen) atoms. The van der Waals surface area contributed by atoms with E-state index in [4.69, 9.17) is 28.8 Å². The summed E-state index contributed by atoms with van der Waals surface area (Å²) in [6.07, 6.45) is 0.256. The Balaban J connectivity index is 1.69. The first-order valence-electron chi connectivity index (χ1n) is 13.1. The Labute approximate surface area is 261 Å². The molecular formula is C28H33IN4O10. The van der Waals surface area contributed by atoms with Gasteiger partial charge in [0.1, 0.15) is 6.61 Å². The van der Waals surface area contributed by atoms with Crippen LogP contribution in [0.15, 0.2) is 46.7 Å². The normalized spacial score (nSPS) is 15.3. The Kier molecular flexibility index (Phi) is 12.2. The van der Waals surface area contributed by atoms with E-state index < -0.39 is 36.8 Å². The van der Waals surface area contributed by atoms with Gasteiger partial charge in [-0.1, -0.05) is 6.07 Å². The highest BCUT2D eigenvalue weighted by molar-refractivity contribution is 14.1. The number of benzene rings is 2. The first-order valence-corrected chi connectivity index (χ1v) is 14.2. The predicted molar refractivity (Wildman–Crippen MR) is 162 cm³/mol. The largest absolute Gasteiger partial charge is 0.490 e. The van der Waals surface area contributed by atoms with E-state index in [1.807, 2.05) is 22.6 Å². The number of halogens is 1. The second kappa shape index (κ2) is 15.8. The lowest BCUT2D eigenvalue weighted by Gasteiger charge is -2.28. The molecule has 14 nitrogen and oxygen atoms in total. The summed E-state index contributed by atoms with van der Waals surface area (Å²) in [5.74, 6) is -0.355. The Hall–Kier alpha value is -4.25. The standard InChI is InChI=1S/C28H33IN4O10/c1-5-40-20-11-17(25-24(27(37)39-4)15(3)31-28(38)32-25)7-8-19(20)42-13-22(34)33-30-12-16-9-18(29)26(43-14-23(35)36)21(10-16)41-6-2/h7-12,22,25,33-34H,5-6,13-14H2,1-4H3,(H,35,36)(H2,31,32,38)/b30-12-/t22-,25+/m1/s1. The van der Waals surface area contributed by atoms with Crippen LogP contribution in [0.3, 0.4) is 0 Å². The molecule has 2 aromatic carbocycles. The van der Waals surface area contributed by atoms with Crippen molar-refractivity contribution in [2.24, 2.45) is 5.10 Å². The summed E-state index contributed by atoms with van der Waals surface area (Å²) < 4.78 is 27.9. The molecule has 0 radical (unpaired) electrons. The quantitative estimate of drug-likeness (QED) is 0.0601. The van der Waals surface area contributed by atoms with E-state index in [1.165, 1.54) is 13.3 Å². The van der Waals surface area contributed by atoms with Crippen molar-refractivity contribution in [3.05, 3.63) is 56.3 Å². The molecule has 1 aliphatic heterocycles. The van der Waals surface area contributed by atoms with Gasteiger partial charge >= 0.3 is 18.0 Å². The molecular weight excluding hydrogens is 679 g/mol. The number of amides is 2. The molecule has 5 N–H and O–H groups in total. The van der Waals surface area contributed by atoms with Crippen LogP contribution in [0.2, 0.25) is 0 Å². The number of ether oxygens (including phenoxy) is 5. The third-order valence-corrected chi connectivity index (χ3v) is 6.58. The number of urea groups is 1. The van der Waals surface area contributed by atoms with Gasteiger partial charge in [-0.15, -0.1) is 0 Å². The van der Waals surface area contributed by atoms with Crippen LogP contribution in [0, 0.1) is 3.57 Å². The maximum atomic E-state index is 12.4. The fourth-order valence-electron chi connectivity index (χ4n) is 4.02. The number of aliphatic hydroxyl groups is 1. The van der Waals surface area contributed by atoms with Crippen molar-refractivity contribution in [2.45, 2.75) is 33.0 Å². The number of aliphatic carboxylic acids is 1. The Morgan fingerprint density at radius 1 is 1.09 bits per heavy atom. The summed E-state index contributed by atoms with van der Waals surface area (Å²) in [7, 11) is 1.26. The molecule has 0 spiro atoms. The van der Waals surface area contributed by atoms with Gasteiger partial charge in [-0.25, -0.2) is 14.4 Å². The molecule has 0 saturated heterocycles. The molecule has 0 aromatic heterocycles. The average Bonchev–Trinajstić information content (AvgIpc) is 2.95. The smallest absolute Gasteiger partial charge is 0.341 e. The minimum atomic E-state index is -1.20. The zero-order valence-corrected chi connectivity index (χ0v) is 26.1. The Morgan fingerprint density at radius 2 is 1.81 bits per heavy atom. The number of nitrogens with one attached hydrogen (secondary N) is 3. The maximum absolute atomic E-state index is 12.4. The predicted octanol–water partition coefficient (Wildman–Crippen LogP) is 2.67. The molecule has 232 valence electrons. The van der Waals surface area contributed by atoms with Crippen molar-refractivity contribution < 1.29 is 48.3 Å². The summed E-state index contributed by atoms with van der Waals surface area (Å²) in [4.78, 5) is 35.4. The van der Waals surface area contributed by atoms with Gasteiger partial charge in [0.15, 0.2) is 35.8 Å². The third-order valence-electron chi connectivity index (χ3n) is 5.78. The lowest BCUT2D eigenvalue weighted by Crippen LogP contribution is -2.45. The first kappa shape index (κ1) is 33.3. The molecule has 0 bridgehead atoms. The van der Waals surface area contributed by atoms with Crippen LogP contribution in [-0.4, -0.2) is 74.2 Å². The minimum absolute atomic E-state index is 0.197. The van der Waals surface area contributed by atoms with Crippen molar-refractivity contribution in [3.8, 4) is 23.0 Å². The van der Waals surface area contributed by atoms with Crippen LogP contribution < -0.4 is 35.0 Å². The van der Waals surface area contributed by atoms with E-state index in [9.17, 15) is 19.5 Å². The number of hydrazone groups is 1. The second-order valence-corrected chi connectivity index (χ2v) is 10.0. The zero-order chi connectivity index (χ0) is 31.5. The van der Waals surface area contributed by atoms with Crippen LogP contribution in [-0.2, 0) is 14.3 Å². The first-order chi connectivity index (χ1) is 20.6. The third kappa shape index (κ3) is 9.12. The minimum Gasteiger partial charge on any atom is -0.490 e. The monoisotopic (exact) mass is 712 g/mol. The summed E-state index contributed by atoms with van der Waals surface area (Å²) in [6.45, 7) is 5.14. The number of hydrogen-bond acceptors (Lipinski definition) is 11. The number of rotatable bonds is 15. The molecule has 0 saturated carbocycles. The molecule has 2 aromatic rings. The SMILES string of the molecule is CCOc1cc([C@@H]2NC(=O)NC(C)=C2C(=O)OC)ccc1OC[C@@H](O)N/N=C\c1cc(I)c(OCC(=O)O)c(OCC)c1. The van der Waals surface area contributed by atoms with Gasteiger partial charge in [-0.3, -0.25) is 5.43 Å². The van der Waals surface area contributed by atoms with Gasteiger partial charge in [-0.2, -0.15) is 5.10 Å². The van der Waals surface area contributed by atoms with Crippen LogP contribution >= 0.6 is 22.6 Å². The van der Waals surface area contributed by atoms with Crippen molar-refractivity contribution in [3.63, 3.8) is 0 Å². The fourth-order valence-corrected chi connectivity index (χ4v) is 4.80. The van der Waals surface area contributed by atoms with Crippen molar-refractivity contribution >= 4 is 46.8 Å². The van der Waals surface area contributed by atoms with Crippen LogP contribution in [0.5, 0.6) is 23.0 Å². The lowest BCUT2D eigenvalue weighted by molar-refractivity contribution is -0.139. The number of nitrogens with zero attached hydrogens (tertiary/aromatic N) is 1. The molecule has 0 fully saturated rings. The molecule has 2 amide bonds. The topological polar surface area (TPSA) is 186 Å². The fraction of sp³-hybridized carbons (Fsp3) is 0.357. The van der Waals surface area contributed by atoms with Crippen LogP contribution in [0.1, 0.15) is 37.9 Å². The number of carboxylic acid groups (broad SMARTS) is 1. The molecule has 2 atom stereocenters. The molecule has 1 aliphatic rings. The number of carbonyl (C=O) groups excluding carboxylic acids is 2.